The van der Waals surface area contributed by atoms with Gasteiger partial charge < -0.3 is 15.4 Å². The first-order valence-corrected chi connectivity index (χ1v) is 5.65. The zero-order chi connectivity index (χ0) is 12.0. The minimum atomic E-state index is 0.630. The zero-order valence-corrected chi connectivity index (χ0v) is 10.8. The first kappa shape index (κ1) is 12.9. The standard InChI is InChI=1S/C12H18N2OS/c1-9-4-5-10(2)11(8-9)14-12(16)13-6-7-15-3/h4-5,8H,6-7H2,1-3H3,(H2,13,14,16). The lowest BCUT2D eigenvalue weighted by molar-refractivity contribution is 0.204. The summed E-state index contributed by atoms with van der Waals surface area (Å²) >= 11 is 5.17. The summed E-state index contributed by atoms with van der Waals surface area (Å²) in [5.41, 5.74) is 3.45. The number of aryl methyl sites for hydroxylation is 2. The van der Waals surface area contributed by atoms with E-state index in [1.165, 1.54) is 11.1 Å². The van der Waals surface area contributed by atoms with Crippen LogP contribution in [0.4, 0.5) is 5.69 Å². The number of methoxy groups -OCH3 is 1. The van der Waals surface area contributed by atoms with E-state index in [0.29, 0.717) is 18.3 Å². The second kappa shape index (κ2) is 6.45. The molecule has 0 amide bonds. The molecule has 4 heteroatoms. The number of rotatable bonds is 4. The van der Waals surface area contributed by atoms with Crippen LogP contribution in [-0.4, -0.2) is 25.4 Å². The highest BCUT2D eigenvalue weighted by Gasteiger charge is 2.00. The van der Waals surface area contributed by atoms with Crippen LogP contribution in [0.15, 0.2) is 18.2 Å². The van der Waals surface area contributed by atoms with Crippen molar-refractivity contribution in [3.05, 3.63) is 29.3 Å². The largest absolute Gasteiger partial charge is 0.383 e. The highest BCUT2D eigenvalue weighted by molar-refractivity contribution is 7.80. The van der Waals surface area contributed by atoms with Gasteiger partial charge in [-0.1, -0.05) is 12.1 Å². The number of benzene rings is 1. The Morgan fingerprint density at radius 3 is 2.81 bits per heavy atom. The fraction of sp³-hybridized carbons (Fsp3) is 0.417. The first-order chi connectivity index (χ1) is 7.63. The van der Waals surface area contributed by atoms with Gasteiger partial charge in [0, 0.05) is 19.3 Å². The van der Waals surface area contributed by atoms with Gasteiger partial charge in [0.2, 0.25) is 0 Å². The molecule has 0 saturated heterocycles. The molecule has 0 aliphatic rings. The summed E-state index contributed by atoms with van der Waals surface area (Å²) in [6.45, 7) is 5.48. The van der Waals surface area contributed by atoms with Crippen molar-refractivity contribution in [1.29, 1.82) is 0 Å². The van der Waals surface area contributed by atoms with Crippen molar-refractivity contribution in [3.8, 4) is 0 Å². The molecule has 16 heavy (non-hydrogen) atoms. The van der Waals surface area contributed by atoms with Crippen LogP contribution in [0.3, 0.4) is 0 Å². The van der Waals surface area contributed by atoms with E-state index in [1.54, 1.807) is 7.11 Å². The topological polar surface area (TPSA) is 33.3 Å². The third kappa shape index (κ3) is 4.16. The van der Waals surface area contributed by atoms with Gasteiger partial charge in [-0.15, -0.1) is 0 Å². The van der Waals surface area contributed by atoms with E-state index in [0.717, 1.165) is 5.69 Å². The average Bonchev–Trinajstić information content (AvgIpc) is 2.24. The zero-order valence-electron chi connectivity index (χ0n) is 9.96. The molecular weight excluding hydrogens is 220 g/mol. The van der Waals surface area contributed by atoms with E-state index in [2.05, 4.69) is 42.7 Å². The van der Waals surface area contributed by atoms with Gasteiger partial charge in [-0.05, 0) is 43.3 Å². The number of anilines is 1. The van der Waals surface area contributed by atoms with E-state index in [4.69, 9.17) is 17.0 Å². The highest BCUT2D eigenvalue weighted by atomic mass is 32.1. The van der Waals surface area contributed by atoms with Crippen LogP contribution in [0.5, 0.6) is 0 Å². The number of nitrogens with one attached hydrogen (secondary N) is 2. The Labute approximate surface area is 102 Å². The molecule has 1 aromatic rings. The van der Waals surface area contributed by atoms with Crippen molar-refractivity contribution < 1.29 is 4.74 Å². The predicted molar refractivity (Wildman–Crippen MR) is 72.0 cm³/mol. The van der Waals surface area contributed by atoms with Gasteiger partial charge in [0.1, 0.15) is 0 Å². The Morgan fingerprint density at radius 1 is 1.38 bits per heavy atom. The number of ether oxygens (including phenoxy) is 1. The summed E-state index contributed by atoms with van der Waals surface area (Å²) in [4.78, 5) is 0. The normalized spacial score (nSPS) is 9.94. The molecule has 0 spiro atoms. The lowest BCUT2D eigenvalue weighted by Gasteiger charge is -2.12. The molecule has 2 N–H and O–H groups in total. The van der Waals surface area contributed by atoms with Gasteiger partial charge >= 0.3 is 0 Å². The molecule has 0 radical (unpaired) electrons. The minimum Gasteiger partial charge on any atom is -0.383 e. The van der Waals surface area contributed by atoms with Gasteiger partial charge in [0.25, 0.3) is 0 Å². The second-order valence-electron chi connectivity index (χ2n) is 3.69. The highest BCUT2D eigenvalue weighted by Crippen LogP contribution is 2.15. The number of hydrogen-bond acceptors (Lipinski definition) is 2. The molecule has 0 aliphatic heterocycles. The molecule has 0 fully saturated rings. The molecule has 3 nitrogen and oxygen atoms in total. The fourth-order valence-electron chi connectivity index (χ4n) is 1.30. The first-order valence-electron chi connectivity index (χ1n) is 5.24. The second-order valence-corrected chi connectivity index (χ2v) is 4.10. The van der Waals surface area contributed by atoms with Gasteiger partial charge in [-0.2, -0.15) is 0 Å². The van der Waals surface area contributed by atoms with Gasteiger partial charge in [-0.25, -0.2) is 0 Å². The maximum atomic E-state index is 5.17. The number of hydrogen-bond donors (Lipinski definition) is 2. The molecule has 1 rings (SSSR count). The minimum absolute atomic E-state index is 0.630. The van der Waals surface area contributed by atoms with E-state index < -0.39 is 0 Å². The summed E-state index contributed by atoms with van der Waals surface area (Å²) in [5, 5.41) is 6.88. The van der Waals surface area contributed by atoms with Crippen LogP contribution in [-0.2, 0) is 4.74 Å². The lowest BCUT2D eigenvalue weighted by Crippen LogP contribution is -2.31. The Bertz CT molecular complexity index is 366. The predicted octanol–water partition coefficient (Wildman–Crippen LogP) is 2.24. The Kier molecular flexibility index (Phi) is 5.22. The maximum Gasteiger partial charge on any atom is 0.170 e. The summed E-state index contributed by atoms with van der Waals surface area (Å²) in [6, 6.07) is 6.25. The van der Waals surface area contributed by atoms with Crippen molar-refractivity contribution in [1.82, 2.24) is 5.32 Å². The molecule has 0 atom stereocenters. The molecule has 88 valence electrons. The Balaban J connectivity index is 2.52. The molecule has 0 unspecified atom stereocenters. The molecule has 0 bridgehead atoms. The van der Waals surface area contributed by atoms with Crippen molar-refractivity contribution in [3.63, 3.8) is 0 Å². The van der Waals surface area contributed by atoms with Gasteiger partial charge in [0.05, 0.1) is 6.61 Å². The molecule has 1 aromatic carbocycles. The van der Waals surface area contributed by atoms with Crippen molar-refractivity contribution in [2.45, 2.75) is 13.8 Å². The third-order valence-electron chi connectivity index (χ3n) is 2.23. The van der Waals surface area contributed by atoms with Crippen molar-refractivity contribution >= 4 is 23.0 Å². The van der Waals surface area contributed by atoms with Crippen LogP contribution in [0.25, 0.3) is 0 Å². The molecule has 0 saturated carbocycles. The van der Waals surface area contributed by atoms with Crippen LogP contribution in [0, 0.1) is 13.8 Å². The summed E-state index contributed by atoms with van der Waals surface area (Å²) in [7, 11) is 1.67. The van der Waals surface area contributed by atoms with E-state index in [1.807, 2.05) is 0 Å². The smallest absolute Gasteiger partial charge is 0.170 e. The molecule has 0 aromatic heterocycles. The van der Waals surface area contributed by atoms with Crippen LogP contribution < -0.4 is 10.6 Å². The van der Waals surface area contributed by atoms with E-state index >= 15 is 0 Å². The van der Waals surface area contributed by atoms with E-state index in [9.17, 15) is 0 Å². The van der Waals surface area contributed by atoms with Crippen molar-refractivity contribution in [2.24, 2.45) is 0 Å². The molecular formula is C12H18N2OS. The quantitative estimate of drug-likeness (QED) is 0.622. The van der Waals surface area contributed by atoms with Gasteiger partial charge in [0.15, 0.2) is 5.11 Å². The molecule has 0 aliphatic carbocycles. The van der Waals surface area contributed by atoms with Gasteiger partial charge in [-0.3, -0.25) is 0 Å². The van der Waals surface area contributed by atoms with Crippen LogP contribution in [0.1, 0.15) is 11.1 Å². The average molecular weight is 238 g/mol. The van der Waals surface area contributed by atoms with E-state index in [-0.39, 0.29) is 0 Å². The number of thiocarbonyl (C=S) groups is 1. The van der Waals surface area contributed by atoms with Crippen LogP contribution in [0.2, 0.25) is 0 Å². The van der Waals surface area contributed by atoms with Crippen molar-refractivity contribution in [2.75, 3.05) is 25.6 Å². The Hall–Kier alpha value is -1.13. The lowest BCUT2D eigenvalue weighted by atomic mass is 10.1. The monoisotopic (exact) mass is 238 g/mol. The summed E-state index contributed by atoms with van der Waals surface area (Å²) < 4.78 is 4.94. The summed E-state index contributed by atoms with van der Waals surface area (Å²) in [5.74, 6) is 0. The SMILES string of the molecule is COCCNC(=S)Nc1cc(C)ccc1C. The van der Waals surface area contributed by atoms with Crippen LogP contribution >= 0.6 is 12.2 Å². The maximum absolute atomic E-state index is 5.17. The fourth-order valence-corrected chi connectivity index (χ4v) is 1.52. The Morgan fingerprint density at radius 2 is 2.12 bits per heavy atom. The third-order valence-corrected chi connectivity index (χ3v) is 2.48. The molecule has 0 heterocycles. The summed E-state index contributed by atoms with van der Waals surface area (Å²) in [6.07, 6.45) is 0.